The highest BCUT2D eigenvalue weighted by Gasteiger charge is 2.39. The average Bonchev–Trinajstić information content (AvgIpc) is 3.57. The van der Waals surface area contributed by atoms with Gasteiger partial charge in [-0.15, -0.1) is 0 Å². The molecule has 0 radical (unpaired) electrons. The zero-order valence-corrected chi connectivity index (χ0v) is 18.5. The van der Waals surface area contributed by atoms with Crippen LogP contribution in [0.1, 0.15) is 54.1 Å². The molecule has 4 nitrogen and oxygen atoms in total. The van der Waals surface area contributed by atoms with Crippen molar-refractivity contribution in [1.29, 1.82) is 0 Å². The van der Waals surface area contributed by atoms with Gasteiger partial charge in [0, 0.05) is 12.6 Å². The zero-order valence-electron chi connectivity index (χ0n) is 18.5. The number of benzene rings is 2. The fourth-order valence-corrected chi connectivity index (χ4v) is 4.74. The van der Waals surface area contributed by atoms with Crippen LogP contribution in [0.15, 0.2) is 60.2 Å². The summed E-state index contributed by atoms with van der Waals surface area (Å²) in [6, 6.07) is 18.6. The minimum Gasteiger partial charge on any atom is -0.478 e. The standard InChI is InChI=1S/C27H34N2O2/c1-2-23(16-20-6-4-3-5-7-20)25-17-26(25)28-18-21-12-14-29(15-13-21)19-22-8-10-24(11-9-22)27(30)31/h3-11,16,21,25-26,28H,2,12-15,17-19H2,1H3,(H,30,31)/b23-16+. The first-order valence-corrected chi connectivity index (χ1v) is 11.7. The summed E-state index contributed by atoms with van der Waals surface area (Å²) in [5, 5.41) is 12.9. The predicted molar refractivity (Wildman–Crippen MR) is 126 cm³/mol. The number of nitrogens with zero attached hydrogens (tertiary/aromatic N) is 1. The molecule has 2 aromatic carbocycles. The first kappa shape index (κ1) is 21.8. The van der Waals surface area contributed by atoms with Crippen molar-refractivity contribution in [3.63, 3.8) is 0 Å². The minimum absolute atomic E-state index is 0.358. The SMILES string of the molecule is CC/C(=C\c1ccccc1)C1CC1NCC1CCN(Cc2ccc(C(=O)O)cc2)CC1. The van der Waals surface area contributed by atoms with E-state index in [4.69, 9.17) is 5.11 Å². The van der Waals surface area contributed by atoms with E-state index in [0.717, 1.165) is 38.5 Å². The molecule has 0 aromatic heterocycles. The van der Waals surface area contributed by atoms with E-state index in [-0.39, 0.29) is 0 Å². The minimum atomic E-state index is -0.862. The lowest BCUT2D eigenvalue weighted by Crippen LogP contribution is -2.37. The number of carbonyl (C=O) groups is 1. The molecular formula is C27H34N2O2. The lowest BCUT2D eigenvalue weighted by Gasteiger charge is -2.32. The maximum absolute atomic E-state index is 11.0. The third kappa shape index (κ3) is 6.05. The van der Waals surface area contributed by atoms with E-state index >= 15 is 0 Å². The lowest BCUT2D eigenvalue weighted by molar-refractivity contribution is 0.0697. The fraction of sp³-hybridized carbons (Fsp3) is 0.444. The van der Waals surface area contributed by atoms with Gasteiger partial charge in [0.15, 0.2) is 0 Å². The van der Waals surface area contributed by atoms with Crippen molar-refractivity contribution < 1.29 is 9.90 Å². The average molecular weight is 419 g/mol. The molecule has 4 heteroatoms. The van der Waals surface area contributed by atoms with Crippen molar-refractivity contribution in [1.82, 2.24) is 10.2 Å². The van der Waals surface area contributed by atoms with Crippen LogP contribution in [0.4, 0.5) is 0 Å². The first-order chi connectivity index (χ1) is 15.1. The van der Waals surface area contributed by atoms with Crippen molar-refractivity contribution in [2.75, 3.05) is 19.6 Å². The predicted octanol–water partition coefficient (Wildman–Crippen LogP) is 5.07. The highest BCUT2D eigenvalue weighted by atomic mass is 16.4. The molecule has 1 aliphatic heterocycles. The van der Waals surface area contributed by atoms with E-state index in [1.807, 2.05) is 12.1 Å². The van der Waals surface area contributed by atoms with Gasteiger partial charge in [-0.25, -0.2) is 4.79 Å². The van der Waals surface area contributed by atoms with Gasteiger partial charge in [-0.05, 0) is 80.4 Å². The highest BCUT2D eigenvalue weighted by Crippen LogP contribution is 2.40. The molecule has 2 unspecified atom stereocenters. The molecule has 2 N–H and O–H groups in total. The van der Waals surface area contributed by atoms with E-state index in [0.29, 0.717) is 17.5 Å². The smallest absolute Gasteiger partial charge is 0.335 e. The van der Waals surface area contributed by atoms with Crippen LogP contribution < -0.4 is 5.32 Å². The van der Waals surface area contributed by atoms with Gasteiger partial charge in [-0.2, -0.15) is 0 Å². The van der Waals surface area contributed by atoms with Crippen LogP contribution in [0.25, 0.3) is 6.08 Å². The van der Waals surface area contributed by atoms with Gasteiger partial charge in [0.05, 0.1) is 5.56 Å². The monoisotopic (exact) mass is 418 g/mol. The van der Waals surface area contributed by atoms with Crippen molar-refractivity contribution in [3.8, 4) is 0 Å². The fourth-order valence-electron chi connectivity index (χ4n) is 4.74. The molecular weight excluding hydrogens is 384 g/mol. The molecule has 1 heterocycles. The van der Waals surface area contributed by atoms with Crippen LogP contribution in [0.2, 0.25) is 0 Å². The molecule has 2 aliphatic rings. The van der Waals surface area contributed by atoms with Crippen LogP contribution in [-0.2, 0) is 6.54 Å². The van der Waals surface area contributed by atoms with Gasteiger partial charge < -0.3 is 10.4 Å². The summed E-state index contributed by atoms with van der Waals surface area (Å²) in [5.41, 5.74) is 4.44. The van der Waals surface area contributed by atoms with E-state index in [9.17, 15) is 4.79 Å². The van der Waals surface area contributed by atoms with Crippen LogP contribution in [-0.4, -0.2) is 41.7 Å². The summed E-state index contributed by atoms with van der Waals surface area (Å²) in [4.78, 5) is 13.5. The lowest BCUT2D eigenvalue weighted by atomic mass is 9.96. The van der Waals surface area contributed by atoms with Crippen LogP contribution >= 0.6 is 0 Å². The van der Waals surface area contributed by atoms with E-state index < -0.39 is 5.97 Å². The second-order valence-corrected chi connectivity index (χ2v) is 9.06. The molecule has 2 fully saturated rings. The van der Waals surface area contributed by atoms with Crippen molar-refractivity contribution in [2.45, 2.75) is 45.2 Å². The summed E-state index contributed by atoms with van der Waals surface area (Å²) in [7, 11) is 0. The largest absolute Gasteiger partial charge is 0.478 e. The summed E-state index contributed by atoms with van der Waals surface area (Å²) in [6.45, 7) is 6.55. The molecule has 0 amide bonds. The maximum atomic E-state index is 11.0. The maximum Gasteiger partial charge on any atom is 0.335 e. The molecule has 0 spiro atoms. The number of likely N-dealkylation sites (tertiary alicyclic amines) is 1. The van der Waals surface area contributed by atoms with Gasteiger partial charge in [0.25, 0.3) is 0 Å². The molecule has 1 saturated heterocycles. The molecule has 164 valence electrons. The normalized spacial score (nSPS) is 22.4. The molecule has 2 atom stereocenters. The molecule has 31 heavy (non-hydrogen) atoms. The van der Waals surface area contributed by atoms with Crippen LogP contribution in [0, 0.1) is 11.8 Å². The van der Waals surface area contributed by atoms with Crippen molar-refractivity contribution in [3.05, 3.63) is 76.9 Å². The Hall–Kier alpha value is -2.43. The van der Waals surface area contributed by atoms with Gasteiger partial charge in [0.2, 0.25) is 0 Å². The molecule has 0 bridgehead atoms. The van der Waals surface area contributed by atoms with Crippen molar-refractivity contribution >= 4 is 12.0 Å². The topological polar surface area (TPSA) is 52.6 Å². The van der Waals surface area contributed by atoms with Gasteiger partial charge in [-0.1, -0.05) is 61.0 Å². The Bertz CT molecular complexity index is 883. The first-order valence-electron chi connectivity index (χ1n) is 11.7. The van der Waals surface area contributed by atoms with E-state index in [1.54, 1.807) is 17.7 Å². The number of nitrogens with one attached hydrogen (secondary N) is 1. The van der Waals surface area contributed by atoms with Gasteiger partial charge in [0.1, 0.15) is 0 Å². The Balaban J connectivity index is 1.18. The van der Waals surface area contributed by atoms with Gasteiger partial charge in [-0.3, -0.25) is 4.90 Å². The summed E-state index contributed by atoms with van der Waals surface area (Å²) < 4.78 is 0. The van der Waals surface area contributed by atoms with E-state index in [2.05, 4.69) is 53.5 Å². The number of hydrogen-bond donors (Lipinski definition) is 2. The number of piperidine rings is 1. The third-order valence-corrected chi connectivity index (χ3v) is 6.81. The molecule has 2 aromatic rings. The second-order valence-electron chi connectivity index (χ2n) is 9.06. The molecule has 1 saturated carbocycles. The Morgan fingerprint density at radius 2 is 1.81 bits per heavy atom. The van der Waals surface area contributed by atoms with Crippen LogP contribution in [0.5, 0.6) is 0 Å². The van der Waals surface area contributed by atoms with E-state index in [1.165, 1.54) is 30.4 Å². The highest BCUT2D eigenvalue weighted by molar-refractivity contribution is 5.87. The number of hydrogen-bond acceptors (Lipinski definition) is 3. The Morgan fingerprint density at radius 1 is 1.10 bits per heavy atom. The zero-order chi connectivity index (χ0) is 21.6. The number of carboxylic acid groups (broad SMARTS) is 1. The Labute approximate surface area is 186 Å². The Kier molecular flexibility index (Phi) is 7.21. The Morgan fingerprint density at radius 3 is 2.45 bits per heavy atom. The van der Waals surface area contributed by atoms with Gasteiger partial charge >= 0.3 is 5.97 Å². The molecule has 4 rings (SSSR count). The quantitative estimate of drug-likeness (QED) is 0.597. The summed E-state index contributed by atoms with van der Waals surface area (Å²) in [5.74, 6) is 0.605. The second kappa shape index (κ2) is 10.3. The number of aromatic carboxylic acids is 1. The third-order valence-electron chi connectivity index (χ3n) is 6.81. The number of rotatable bonds is 9. The van der Waals surface area contributed by atoms with Crippen molar-refractivity contribution in [2.24, 2.45) is 11.8 Å². The molecule has 1 aliphatic carbocycles. The summed E-state index contributed by atoms with van der Waals surface area (Å²) in [6.07, 6.45) is 7.26. The van der Waals surface area contributed by atoms with Crippen LogP contribution in [0.3, 0.4) is 0 Å². The number of carboxylic acids is 1. The summed E-state index contributed by atoms with van der Waals surface area (Å²) >= 11 is 0.